The van der Waals surface area contributed by atoms with Crippen molar-refractivity contribution in [3.63, 3.8) is 0 Å². The van der Waals surface area contributed by atoms with Crippen LogP contribution in [0.15, 0.2) is 6.08 Å². The molecule has 0 atom stereocenters. The molecule has 0 fully saturated rings. The van der Waals surface area contributed by atoms with Crippen LogP contribution in [0.4, 0.5) is 11.8 Å². The Kier molecular flexibility index (Phi) is 2.34. The number of rotatable bonds is 1. The summed E-state index contributed by atoms with van der Waals surface area (Å²) in [7, 11) is 0. The average Bonchev–Trinajstić information content (AvgIpc) is 2.16. The van der Waals surface area contributed by atoms with Gasteiger partial charge in [0.25, 0.3) is 0 Å². The molecule has 0 spiro atoms. The van der Waals surface area contributed by atoms with Gasteiger partial charge in [0.05, 0.1) is 5.69 Å². The van der Waals surface area contributed by atoms with Gasteiger partial charge in [0.15, 0.2) is 0 Å². The summed E-state index contributed by atoms with van der Waals surface area (Å²) in [6, 6.07) is 0.419. The minimum atomic E-state index is 0.354. The Labute approximate surface area is 89.8 Å². The maximum absolute atomic E-state index is 5.67. The van der Waals surface area contributed by atoms with E-state index in [-0.39, 0.29) is 0 Å². The summed E-state index contributed by atoms with van der Waals surface area (Å²) in [5, 5.41) is 0. The van der Waals surface area contributed by atoms with Gasteiger partial charge in [0.1, 0.15) is 5.82 Å². The number of fused-ring (bicyclic) bond motifs is 1. The fourth-order valence-corrected chi connectivity index (χ4v) is 1.83. The second kappa shape index (κ2) is 3.53. The van der Waals surface area contributed by atoms with Gasteiger partial charge in [0, 0.05) is 18.2 Å². The number of aromatic nitrogens is 2. The fourth-order valence-electron chi connectivity index (χ4n) is 1.83. The largest absolute Gasteiger partial charge is 0.368 e. The van der Waals surface area contributed by atoms with Crippen molar-refractivity contribution in [3.05, 3.63) is 17.3 Å². The lowest BCUT2D eigenvalue weighted by molar-refractivity contribution is 0.706. The summed E-state index contributed by atoms with van der Waals surface area (Å²) in [6.07, 6.45) is 4.21. The molecule has 0 saturated heterocycles. The predicted octanol–water partition coefficient (Wildman–Crippen LogP) is 1.61. The smallest absolute Gasteiger partial charge is 0.222 e. The van der Waals surface area contributed by atoms with E-state index in [1.807, 2.05) is 6.92 Å². The van der Waals surface area contributed by atoms with E-state index in [1.165, 1.54) is 0 Å². The van der Waals surface area contributed by atoms with Gasteiger partial charge in [0.2, 0.25) is 5.95 Å². The Morgan fingerprint density at radius 2 is 2.13 bits per heavy atom. The van der Waals surface area contributed by atoms with Crippen molar-refractivity contribution >= 4 is 17.8 Å². The first-order chi connectivity index (χ1) is 7.09. The lowest BCUT2D eigenvalue weighted by atomic mass is 10.1. The highest BCUT2D eigenvalue weighted by Gasteiger charge is 2.19. The number of anilines is 2. The third kappa shape index (κ3) is 1.67. The molecule has 2 rings (SSSR count). The number of nitrogen functional groups attached to an aromatic ring is 1. The first kappa shape index (κ1) is 9.96. The zero-order chi connectivity index (χ0) is 11.0. The minimum Gasteiger partial charge on any atom is -0.368 e. The molecular weight excluding hydrogens is 188 g/mol. The Bertz CT molecular complexity index is 409. The summed E-state index contributed by atoms with van der Waals surface area (Å²) < 4.78 is 0. The molecule has 4 nitrogen and oxygen atoms in total. The van der Waals surface area contributed by atoms with Crippen LogP contribution < -0.4 is 10.6 Å². The Morgan fingerprint density at radius 3 is 2.80 bits per heavy atom. The molecule has 2 heterocycles. The summed E-state index contributed by atoms with van der Waals surface area (Å²) >= 11 is 0. The summed E-state index contributed by atoms with van der Waals surface area (Å²) in [4.78, 5) is 10.7. The van der Waals surface area contributed by atoms with Gasteiger partial charge in [-0.25, -0.2) is 4.98 Å². The van der Waals surface area contributed by atoms with Gasteiger partial charge in [-0.1, -0.05) is 12.2 Å². The summed E-state index contributed by atoms with van der Waals surface area (Å²) in [5.41, 5.74) is 7.70. The van der Waals surface area contributed by atoms with Crippen molar-refractivity contribution in [1.82, 2.24) is 9.97 Å². The van der Waals surface area contributed by atoms with Crippen LogP contribution in [0.25, 0.3) is 6.08 Å². The van der Waals surface area contributed by atoms with Gasteiger partial charge in [-0.15, -0.1) is 0 Å². The lowest BCUT2D eigenvalue weighted by Crippen LogP contribution is -2.34. The predicted molar refractivity (Wildman–Crippen MR) is 62.7 cm³/mol. The van der Waals surface area contributed by atoms with Crippen molar-refractivity contribution in [3.8, 4) is 0 Å². The van der Waals surface area contributed by atoms with E-state index in [0.29, 0.717) is 12.0 Å². The number of nitrogens with zero attached hydrogens (tertiary/aromatic N) is 3. The monoisotopic (exact) mass is 204 g/mol. The maximum atomic E-state index is 5.67. The SMILES string of the molecule is Cc1nc(N)nc2c1C=CCN2C(C)C. The molecule has 0 saturated carbocycles. The fraction of sp³-hybridized carbons (Fsp3) is 0.455. The third-order valence-corrected chi connectivity index (χ3v) is 2.62. The molecule has 1 aliphatic heterocycles. The van der Waals surface area contributed by atoms with Gasteiger partial charge >= 0.3 is 0 Å². The van der Waals surface area contributed by atoms with Crippen LogP contribution in [0.1, 0.15) is 25.1 Å². The highest BCUT2D eigenvalue weighted by molar-refractivity contribution is 5.70. The molecule has 0 unspecified atom stereocenters. The van der Waals surface area contributed by atoms with Crippen LogP contribution in [-0.2, 0) is 0 Å². The van der Waals surface area contributed by atoms with E-state index in [9.17, 15) is 0 Å². The molecule has 1 aromatic heterocycles. The quantitative estimate of drug-likeness (QED) is 0.755. The minimum absolute atomic E-state index is 0.354. The number of hydrogen-bond acceptors (Lipinski definition) is 4. The molecule has 1 aromatic rings. The first-order valence-electron chi connectivity index (χ1n) is 5.17. The molecule has 0 amide bonds. The molecule has 1 aliphatic rings. The lowest BCUT2D eigenvalue weighted by Gasteiger charge is -2.31. The van der Waals surface area contributed by atoms with Crippen LogP contribution in [0.5, 0.6) is 0 Å². The van der Waals surface area contributed by atoms with Gasteiger partial charge in [-0.3, -0.25) is 0 Å². The Morgan fingerprint density at radius 1 is 1.40 bits per heavy atom. The van der Waals surface area contributed by atoms with Crippen molar-refractivity contribution in [2.75, 3.05) is 17.2 Å². The van der Waals surface area contributed by atoms with Crippen LogP contribution in [0, 0.1) is 6.92 Å². The zero-order valence-corrected chi connectivity index (χ0v) is 9.36. The highest BCUT2D eigenvalue weighted by atomic mass is 15.2. The first-order valence-corrected chi connectivity index (χ1v) is 5.17. The van der Waals surface area contributed by atoms with Crippen LogP contribution >= 0.6 is 0 Å². The van der Waals surface area contributed by atoms with Crippen LogP contribution in [0.3, 0.4) is 0 Å². The maximum Gasteiger partial charge on any atom is 0.222 e. The van der Waals surface area contributed by atoms with Gasteiger partial charge in [-0.05, 0) is 20.8 Å². The van der Waals surface area contributed by atoms with E-state index < -0.39 is 0 Å². The second-order valence-electron chi connectivity index (χ2n) is 4.05. The van der Waals surface area contributed by atoms with E-state index in [2.05, 4.69) is 40.9 Å². The van der Waals surface area contributed by atoms with Gasteiger partial charge < -0.3 is 10.6 Å². The molecule has 15 heavy (non-hydrogen) atoms. The number of hydrogen-bond donors (Lipinski definition) is 1. The zero-order valence-electron chi connectivity index (χ0n) is 9.36. The van der Waals surface area contributed by atoms with Crippen molar-refractivity contribution in [2.45, 2.75) is 26.8 Å². The Balaban J connectivity index is 2.56. The molecule has 0 aliphatic carbocycles. The standard InChI is InChI=1S/C11H16N4/c1-7(2)15-6-4-5-9-8(3)13-11(12)14-10(9)15/h4-5,7H,6H2,1-3H3,(H2,12,13,14). The van der Waals surface area contributed by atoms with Crippen molar-refractivity contribution < 1.29 is 0 Å². The summed E-state index contributed by atoms with van der Waals surface area (Å²) in [6.45, 7) is 7.15. The summed E-state index contributed by atoms with van der Waals surface area (Å²) in [5.74, 6) is 1.31. The highest BCUT2D eigenvalue weighted by Crippen LogP contribution is 2.27. The molecular formula is C11H16N4. The van der Waals surface area contributed by atoms with E-state index in [1.54, 1.807) is 0 Å². The van der Waals surface area contributed by atoms with E-state index in [4.69, 9.17) is 5.73 Å². The van der Waals surface area contributed by atoms with Crippen LogP contribution in [-0.4, -0.2) is 22.6 Å². The number of nitrogens with two attached hydrogens (primary N) is 1. The van der Waals surface area contributed by atoms with Gasteiger partial charge in [-0.2, -0.15) is 4.98 Å². The third-order valence-electron chi connectivity index (χ3n) is 2.62. The average molecular weight is 204 g/mol. The topological polar surface area (TPSA) is 55.0 Å². The van der Waals surface area contributed by atoms with Crippen LogP contribution in [0.2, 0.25) is 0 Å². The van der Waals surface area contributed by atoms with Crippen molar-refractivity contribution in [1.29, 1.82) is 0 Å². The van der Waals surface area contributed by atoms with E-state index in [0.717, 1.165) is 23.6 Å². The second-order valence-corrected chi connectivity index (χ2v) is 4.05. The van der Waals surface area contributed by atoms with Crippen molar-refractivity contribution in [2.24, 2.45) is 0 Å². The molecule has 0 aromatic carbocycles. The van der Waals surface area contributed by atoms with E-state index >= 15 is 0 Å². The normalized spacial score (nSPS) is 14.5. The number of aryl methyl sites for hydroxylation is 1. The molecule has 4 heteroatoms. The molecule has 80 valence electrons. The molecule has 2 N–H and O–H groups in total. The molecule has 0 bridgehead atoms. The Hall–Kier alpha value is -1.58. The molecule has 0 radical (unpaired) electrons.